The zero-order valence-corrected chi connectivity index (χ0v) is 11.3. The van der Waals surface area contributed by atoms with Crippen LogP contribution >= 0.6 is 0 Å². The van der Waals surface area contributed by atoms with Crippen molar-refractivity contribution in [1.82, 2.24) is 0 Å². The van der Waals surface area contributed by atoms with Crippen LogP contribution in [0.15, 0.2) is 48.5 Å². The minimum atomic E-state index is -0.586. The standard InChI is InChI=1S/C15H12N2O5/c18-13-7-5-10(9-14(13)19)6-8-15(20)16-11-3-1-2-4-12(11)17(21)22/h1-9,18-19H,(H,16,20)/b8-6+. The number of nitro benzene ring substituents is 1. The van der Waals surface area contributed by atoms with Crippen molar-refractivity contribution in [3.63, 3.8) is 0 Å². The number of amides is 1. The first kappa shape index (κ1) is 15.0. The molecule has 0 radical (unpaired) electrons. The number of hydrogen-bond donors (Lipinski definition) is 3. The lowest BCUT2D eigenvalue weighted by atomic mass is 10.2. The molecule has 0 aliphatic heterocycles. The molecule has 0 aromatic heterocycles. The molecule has 0 spiro atoms. The van der Waals surface area contributed by atoms with E-state index >= 15 is 0 Å². The Bertz CT molecular complexity index is 755. The molecule has 0 bridgehead atoms. The summed E-state index contributed by atoms with van der Waals surface area (Å²) in [5.74, 6) is -1.12. The molecule has 2 aromatic rings. The Morgan fingerprint density at radius 1 is 1.14 bits per heavy atom. The minimum absolute atomic E-state index is 0.0932. The molecule has 7 heteroatoms. The molecule has 0 unspecified atom stereocenters. The van der Waals surface area contributed by atoms with Gasteiger partial charge in [-0.05, 0) is 29.8 Å². The molecule has 7 nitrogen and oxygen atoms in total. The first-order chi connectivity index (χ1) is 10.5. The number of para-hydroxylation sites is 2. The molecule has 22 heavy (non-hydrogen) atoms. The Morgan fingerprint density at radius 2 is 1.86 bits per heavy atom. The molecule has 2 rings (SSSR count). The quantitative estimate of drug-likeness (QED) is 0.348. The van der Waals surface area contributed by atoms with Crippen molar-refractivity contribution >= 4 is 23.4 Å². The fraction of sp³-hybridized carbons (Fsp3) is 0. The summed E-state index contributed by atoms with van der Waals surface area (Å²) in [6.45, 7) is 0. The number of hydrogen-bond acceptors (Lipinski definition) is 5. The van der Waals surface area contributed by atoms with Crippen molar-refractivity contribution in [2.45, 2.75) is 0 Å². The third kappa shape index (κ3) is 3.60. The number of benzene rings is 2. The number of carbonyl (C=O) groups excluding carboxylic acids is 1. The molecule has 1 amide bonds. The van der Waals surface area contributed by atoms with Crippen LogP contribution in [0.5, 0.6) is 11.5 Å². The van der Waals surface area contributed by atoms with Gasteiger partial charge in [-0.15, -0.1) is 0 Å². The van der Waals surface area contributed by atoms with Crippen molar-refractivity contribution in [2.75, 3.05) is 5.32 Å². The molecule has 2 aromatic carbocycles. The normalized spacial score (nSPS) is 10.5. The molecule has 0 aliphatic rings. The monoisotopic (exact) mass is 300 g/mol. The maximum atomic E-state index is 11.8. The van der Waals surface area contributed by atoms with E-state index in [1.54, 1.807) is 6.07 Å². The summed E-state index contributed by atoms with van der Waals surface area (Å²) in [5, 5.41) is 31.8. The second-order valence-electron chi connectivity index (χ2n) is 4.34. The Kier molecular flexibility index (Phi) is 4.38. The van der Waals surface area contributed by atoms with Gasteiger partial charge in [0.15, 0.2) is 11.5 Å². The summed E-state index contributed by atoms with van der Waals surface area (Å²) in [6, 6.07) is 9.86. The largest absolute Gasteiger partial charge is 0.504 e. The number of nitrogens with one attached hydrogen (secondary N) is 1. The summed E-state index contributed by atoms with van der Waals surface area (Å²) in [5.41, 5.74) is 0.384. The lowest BCUT2D eigenvalue weighted by Crippen LogP contribution is -2.09. The average Bonchev–Trinajstić information content (AvgIpc) is 2.49. The highest BCUT2D eigenvalue weighted by Crippen LogP contribution is 2.26. The number of rotatable bonds is 4. The van der Waals surface area contributed by atoms with Crippen LogP contribution in [-0.2, 0) is 4.79 Å². The molecule has 3 N–H and O–H groups in total. The fourth-order valence-electron chi connectivity index (χ4n) is 1.73. The number of phenols is 2. The first-order valence-corrected chi connectivity index (χ1v) is 6.22. The summed E-state index contributed by atoms with van der Waals surface area (Å²) in [7, 11) is 0. The number of carbonyl (C=O) groups is 1. The molecule has 0 saturated heterocycles. The van der Waals surface area contributed by atoms with Crippen LogP contribution in [0.1, 0.15) is 5.56 Å². The Labute approximate surface area is 125 Å². The van der Waals surface area contributed by atoms with Crippen molar-refractivity contribution in [3.05, 3.63) is 64.2 Å². The van der Waals surface area contributed by atoms with E-state index in [2.05, 4.69) is 5.32 Å². The van der Waals surface area contributed by atoms with Crippen LogP contribution in [0.4, 0.5) is 11.4 Å². The predicted octanol–water partition coefficient (Wildman–Crippen LogP) is 2.66. The summed E-state index contributed by atoms with van der Waals surface area (Å²) in [4.78, 5) is 22.0. The van der Waals surface area contributed by atoms with Crippen molar-refractivity contribution in [2.24, 2.45) is 0 Å². The second-order valence-corrected chi connectivity index (χ2v) is 4.34. The molecular weight excluding hydrogens is 288 g/mol. The van der Waals surface area contributed by atoms with Crippen LogP contribution in [0.3, 0.4) is 0 Å². The number of anilines is 1. The van der Waals surface area contributed by atoms with Gasteiger partial charge in [-0.25, -0.2) is 0 Å². The summed E-state index contributed by atoms with van der Waals surface area (Å²) >= 11 is 0. The van der Waals surface area contributed by atoms with Gasteiger partial charge in [-0.1, -0.05) is 18.2 Å². The van der Waals surface area contributed by atoms with Crippen LogP contribution in [0, 0.1) is 10.1 Å². The highest BCUT2D eigenvalue weighted by atomic mass is 16.6. The summed E-state index contributed by atoms with van der Waals surface area (Å²) < 4.78 is 0. The molecule has 0 aliphatic carbocycles. The zero-order chi connectivity index (χ0) is 16.1. The lowest BCUT2D eigenvalue weighted by molar-refractivity contribution is -0.383. The molecule has 0 saturated carbocycles. The first-order valence-electron chi connectivity index (χ1n) is 6.22. The third-order valence-electron chi connectivity index (χ3n) is 2.79. The number of nitro groups is 1. The maximum Gasteiger partial charge on any atom is 0.292 e. The van der Waals surface area contributed by atoms with E-state index in [0.29, 0.717) is 5.56 Å². The zero-order valence-electron chi connectivity index (χ0n) is 11.3. The minimum Gasteiger partial charge on any atom is -0.504 e. The van der Waals surface area contributed by atoms with Gasteiger partial charge in [0.2, 0.25) is 5.91 Å². The lowest BCUT2D eigenvalue weighted by Gasteiger charge is -2.03. The van der Waals surface area contributed by atoms with Crippen LogP contribution in [-0.4, -0.2) is 21.0 Å². The van der Waals surface area contributed by atoms with Crippen LogP contribution in [0.25, 0.3) is 6.08 Å². The van der Waals surface area contributed by atoms with Gasteiger partial charge in [-0.2, -0.15) is 0 Å². The predicted molar refractivity (Wildman–Crippen MR) is 80.5 cm³/mol. The highest BCUT2D eigenvalue weighted by Gasteiger charge is 2.13. The van der Waals surface area contributed by atoms with Gasteiger partial charge < -0.3 is 15.5 Å². The van der Waals surface area contributed by atoms with Crippen molar-refractivity contribution in [3.8, 4) is 11.5 Å². The maximum absolute atomic E-state index is 11.8. The Hall–Kier alpha value is -3.35. The second kappa shape index (κ2) is 6.40. The van der Waals surface area contributed by atoms with Crippen LogP contribution in [0.2, 0.25) is 0 Å². The number of phenolic OH excluding ortho intramolecular Hbond substituents is 2. The fourth-order valence-corrected chi connectivity index (χ4v) is 1.73. The van der Waals surface area contributed by atoms with E-state index in [4.69, 9.17) is 0 Å². The molecule has 112 valence electrons. The van der Waals surface area contributed by atoms with Gasteiger partial charge in [0.25, 0.3) is 5.69 Å². The molecule has 0 fully saturated rings. The van der Waals surface area contributed by atoms with E-state index in [1.165, 1.54) is 48.6 Å². The van der Waals surface area contributed by atoms with E-state index in [0.717, 1.165) is 0 Å². The highest BCUT2D eigenvalue weighted by molar-refractivity contribution is 6.03. The number of nitrogens with zero attached hydrogens (tertiary/aromatic N) is 1. The average molecular weight is 300 g/mol. The van der Waals surface area contributed by atoms with Gasteiger partial charge >= 0.3 is 0 Å². The van der Waals surface area contributed by atoms with E-state index in [-0.39, 0.29) is 22.9 Å². The van der Waals surface area contributed by atoms with E-state index < -0.39 is 10.8 Å². The topological polar surface area (TPSA) is 113 Å². The number of aromatic hydroxyl groups is 2. The van der Waals surface area contributed by atoms with Crippen LogP contribution < -0.4 is 5.32 Å². The van der Waals surface area contributed by atoms with Gasteiger partial charge in [0.1, 0.15) is 5.69 Å². The summed E-state index contributed by atoms with van der Waals surface area (Å²) in [6.07, 6.45) is 2.58. The van der Waals surface area contributed by atoms with Gasteiger partial charge in [-0.3, -0.25) is 14.9 Å². The molecule has 0 atom stereocenters. The Balaban J connectivity index is 2.11. The van der Waals surface area contributed by atoms with Gasteiger partial charge in [0.05, 0.1) is 4.92 Å². The van der Waals surface area contributed by atoms with Crippen molar-refractivity contribution in [1.29, 1.82) is 0 Å². The third-order valence-corrected chi connectivity index (χ3v) is 2.79. The molecule has 0 heterocycles. The SMILES string of the molecule is O=C(/C=C/c1ccc(O)c(O)c1)Nc1ccccc1[N+](=O)[O-]. The Morgan fingerprint density at radius 3 is 2.55 bits per heavy atom. The van der Waals surface area contributed by atoms with E-state index in [9.17, 15) is 25.1 Å². The van der Waals surface area contributed by atoms with Crippen molar-refractivity contribution < 1.29 is 19.9 Å². The smallest absolute Gasteiger partial charge is 0.292 e. The van der Waals surface area contributed by atoms with E-state index in [1.807, 2.05) is 0 Å². The van der Waals surface area contributed by atoms with Gasteiger partial charge in [0, 0.05) is 12.1 Å². The molecular formula is C15H12N2O5.